The molecule has 0 aliphatic heterocycles. The molecule has 1 aromatic carbocycles. The van der Waals surface area contributed by atoms with Crippen molar-refractivity contribution in [2.45, 2.75) is 19.5 Å². The van der Waals surface area contributed by atoms with Crippen LogP contribution in [0.5, 0.6) is 5.75 Å². The summed E-state index contributed by atoms with van der Waals surface area (Å²) in [5.74, 6) is 0.846. The van der Waals surface area contributed by atoms with Gasteiger partial charge in [-0.15, -0.1) is 0 Å². The minimum atomic E-state index is 0.242. The number of rotatable bonds is 5. The Hall–Kier alpha value is -1.58. The highest BCUT2D eigenvalue weighted by Gasteiger charge is 2.07. The Labute approximate surface area is 118 Å². The van der Waals surface area contributed by atoms with Gasteiger partial charge < -0.3 is 10.1 Å². The number of nitrogens with one attached hydrogen (secondary N) is 1. The number of benzene rings is 1. The summed E-state index contributed by atoms with van der Waals surface area (Å²) in [6, 6.07) is 9.89. The molecular formula is C15H17ClN2O. The topological polar surface area (TPSA) is 34.1 Å². The first-order chi connectivity index (χ1) is 9.20. The van der Waals surface area contributed by atoms with E-state index < -0.39 is 0 Å². The lowest BCUT2D eigenvalue weighted by atomic mass is 10.1. The van der Waals surface area contributed by atoms with E-state index >= 15 is 0 Å². The van der Waals surface area contributed by atoms with Crippen LogP contribution in [0.4, 0.5) is 0 Å². The van der Waals surface area contributed by atoms with Crippen LogP contribution < -0.4 is 10.1 Å². The number of hydrogen-bond donors (Lipinski definition) is 1. The number of hydrogen-bond acceptors (Lipinski definition) is 3. The summed E-state index contributed by atoms with van der Waals surface area (Å²) in [4.78, 5) is 4.02. The Balaban J connectivity index is 2.04. The maximum Gasteiger partial charge on any atom is 0.123 e. The van der Waals surface area contributed by atoms with E-state index in [0.717, 1.165) is 11.3 Å². The molecule has 100 valence electrons. The summed E-state index contributed by atoms with van der Waals surface area (Å²) in [7, 11) is 1.67. The maximum atomic E-state index is 6.01. The Bertz CT molecular complexity index is 531. The van der Waals surface area contributed by atoms with Crippen molar-refractivity contribution in [2.75, 3.05) is 7.11 Å². The molecule has 19 heavy (non-hydrogen) atoms. The predicted molar refractivity (Wildman–Crippen MR) is 77.5 cm³/mol. The van der Waals surface area contributed by atoms with Gasteiger partial charge in [0.1, 0.15) is 5.75 Å². The number of nitrogens with zero attached hydrogens (tertiary/aromatic N) is 1. The van der Waals surface area contributed by atoms with E-state index in [0.29, 0.717) is 11.6 Å². The van der Waals surface area contributed by atoms with Crippen molar-refractivity contribution in [2.24, 2.45) is 0 Å². The van der Waals surface area contributed by atoms with E-state index in [1.807, 2.05) is 30.3 Å². The lowest BCUT2D eigenvalue weighted by Gasteiger charge is -2.15. The average molecular weight is 277 g/mol. The first kappa shape index (κ1) is 13.8. The van der Waals surface area contributed by atoms with Gasteiger partial charge in [0.15, 0.2) is 0 Å². The van der Waals surface area contributed by atoms with Crippen molar-refractivity contribution in [1.29, 1.82) is 0 Å². The van der Waals surface area contributed by atoms with Crippen molar-refractivity contribution in [1.82, 2.24) is 10.3 Å². The fourth-order valence-corrected chi connectivity index (χ4v) is 2.11. The van der Waals surface area contributed by atoms with Crippen LogP contribution in [0.15, 0.2) is 42.7 Å². The molecule has 0 fully saturated rings. The van der Waals surface area contributed by atoms with E-state index in [-0.39, 0.29) is 6.04 Å². The standard InChI is InChI=1S/C15H17ClN2O/c1-11(12-5-7-17-8-6-12)18-10-13-9-14(16)3-4-15(13)19-2/h3-9,11,18H,10H2,1-2H3/t11-/m1/s1. The molecule has 1 aromatic heterocycles. The quantitative estimate of drug-likeness (QED) is 0.906. The molecule has 0 aliphatic rings. The minimum Gasteiger partial charge on any atom is -0.496 e. The van der Waals surface area contributed by atoms with Crippen LogP contribution in [-0.4, -0.2) is 12.1 Å². The van der Waals surface area contributed by atoms with Crippen LogP contribution >= 0.6 is 11.6 Å². The Morgan fingerprint density at radius 1 is 1.26 bits per heavy atom. The third kappa shape index (κ3) is 3.69. The van der Waals surface area contributed by atoms with Crippen LogP contribution in [-0.2, 0) is 6.54 Å². The van der Waals surface area contributed by atoms with E-state index in [2.05, 4.69) is 17.2 Å². The zero-order valence-corrected chi connectivity index (χ0v) is 11.8. The summed E-state index contributed by atoms with van der Waals surface area (Å²) in [5, 5.41) is 4.17. The molecule has 0 aliphatic carbocycles. The summed E-state index contributed by atoms with van der Waals surface area (Å²) < 4.78 is 5.33. The van der Waals surface area contributed by atoms with E-state index in [1.165, 1.54) is 5.56 Å². The molecule has 0 spiro atoms. The van der Waals surface area contributed by atoms with Crippen molar-refractivity contribution in [3.63, 3.8) is 0 Å². The molecular weight excluding hydrogens is 260 g/mol. The fraction of sp³-hybridized carbons (Fsp3) is 0.267. The van der Waals surface area contributed by atoms with Gasteiger partial charge in [0, 0.05) is 35.6 Å². The van der Waals surface area contributed by atoms with Crippen LogP contribution in [0.3, 0.4) is 0 Å². The van der Waals surface area contributed by atoms with Gasteiger partial charge in [0.2, 0.25) is 0 Å². The van der Waals surface area contributed by atoms with Gasteiger partial charge in [-0.2, -0.15) is 0 Å². The molecule has 2 aromatic rings. The van der Waals surface area contributed by atoms with Crippen molar-refractivity contribution < 1.29 is 4.74 Å². The van der Waals surface area contributed by atoms with Crippen LogP contribution in [0.25, 0.3) is 0 Å². The second-order valence-electron chi connectivity index (χ2n) is 4.34. The molecule has 0 unspecified atom stereocenters. The summed E-state index contributed by atoms with van der Waals surface area (Å²) in [6.07, 6.45) is 3.60. The van der Waals surface area contributed by atoms with E-state index in [1.54, 1.807) is 19.5 Å². The first-order valence-corrected chi connectivity index (χ1v) is 6.54. The number of halogens is 1. The maximum absolute atomic E-state index is 6.01. The van der Waals surface area contributed by atoms with Gasteiger partial charge in [0.25, 0.3) is 0 Å². The highest BCUT2D eigenvalue weighted by atomic mass is 35.5. The second kappa shape index (κ2) is 6.55. The van der Waals surface area contributed by atoms with Gasteiger partial charge in [-0.05, 0) is 42.8 Å². The molecule has 4 heteroatoms. The average Bonchev–Trinajstić information content (AvgIpc) is 2.46. The van der Waals surface area contributed by atoms with Crippen LogP contribution in [0.1, 0.15) is 24.1 Å². The molecule has 0 amide bonds. The van der Waals surface area contributed by atoms with Crippen molar-refractivity contribution in [3.05, 3.63) is 58.9 Å². The molecule has 1 atom stereocenters. The Morgan fingerprint density at radius 2 is 2.00 bits per heavy atom. The first-order valence-electron chi connectivity index (χ1n) is 6.16. The third-order valence-electron chi connectivity index (χ3n) is 3.05. The summed E-state index contributed by atoms with van der Waals surface area (Å²) in [6.45, 7) is 2.82. The Kier molecular flexibility index (Phi) is 4.77. The highest BCUT2D eigenvalue weighted by Crippen LogP contribution is 2.23. The van der Waals surface area contributed by atoms with E-state index in [9.17, 15) is 0 Å². The van der Waals surface area contributed by atoms with Crippen molar-refractivity contribution in [3.8, 4) is 5.75 Å². The molecule has 2 rings (SSSR count). The van der Waals surface area contributed by atoms with E-state index in [4.69, 9.17) is 16.3 Å². The van der Waals surface area contributed by atoms with Crippen LogP contribution in [0, 0.1) is 0 Å². The van der Waals surface area contributed by atoms with Crippen LogP contribution in [0.2, 0.25) is 5.02 Å². The Morgan fingerprint density at radius 3 is 2.68 bits per heavy atom. The lowest BCUT2D eigenvalue weighted by Crippen LogP contribution is -2.18. The fourth-order valence-electron chi connectivity index (χ4n) is 1.92. The molecule has 1 heterocycles. The number of ether oxygens (including phenoxy) is 1. The highest BCUT2D eigenvalue weighted by molar-refractivity contribution is 6.30. The molecule has 0 saturated heterocycles. The third-order valence-corrected chi connectivity index (χ3v) is 3.28. The molecule has 3 nitrogen and oxygen atoms in total. The number of pyridine rings is 1. The summed E-state index contributed by atoms with van der Waals surface area (Å²) in [5.41, 5.74) is 2.26. The van der Waals surface area contributed by atoms with Gasteiger partial charge in [-0.1, -0.05) is 11.6 Å². The largest absolute Gasteiger partial charge is 0.496 e. The minimum absolute atomic E-state index is 0.242. The van der Waals surface area contributed by atoms with Crippen molar-refractivity contribution >= 4 is 11.6 Å². The second-order valence-corrected chi connectivity index (χ2v) is 4.78. The van der Waals surface area contributed by atoms with Gasteiger partial charge in [0.05, 0.1) is 7.11 Å². The smallest absolute Gasteiger partial charge is 0.123 e. The zero-order valence-electron chi connectivity index (χ0n) is 11.1. The normalized spacial score (nSPS) is 12.2. The molecule has 0 saturated carbocycles. The number of methoxy groups -OCH3 is 1. The van der Waals surface area contributed by atoms with Gasteiger partial charge in [-0.25, -0.2) is 0 Å². The summed E-state index contributed by atoms with van der Waals surface area (Å²) >= 11 is 6.01. The molecule has 0 radical (unpaired) electrons. The molecule has 0 bridgehead atoms. The van der Waals surface area contributed by atoms with Gasteiger partial charge >= 0.3 is 0 Å². The SMILES string of the molecule is COc1ccc(Cl)cc1CN[C@H](C)c1ccncc1. The van der Waals surface area contributed by atoms with Gasteiger partial charge in [-0.3, -0.25) is 4.98 Å². The predicted octanol–water partition coefficient (Wildman–Crippen LogP) is 3.59. The monoisotopic (exact) mass is 276 g/mol. The number of aromatic nitrogens is 1. The zero-order chi connectivity index (χ0) is 13.7. The molecule has 1 N–H and O–H groups in total. The lowest BCUT2D eigenvalue weighted by molar-refractivity contribution is 0.406.